The van der Waals surface area contributed by atoms with Gasteiger partial charge in [0.2, 0.25) is 0 Å². The second-order valence-electron chi connectivity index (χ2n) is 5.63. The van der Waals surface area contributed by atoms with Crippen LogP contribution in [-0.2, 0) is 6.18 Å². The predicted octanol–water partition coefficient (Wildman–Crippen LogP) is 2.44. The van der Waals surface area contributed by atoms with E-state index in [2.05, 4.69) is 5.32 Å². The van der Waals surface area contributed by atoms with Gasteiger partial charge in [0.1, 0.15) is 6.10 Å². The van der Waals surface area contributed by atoms with Crippen LogP contribution < -0.4 is 5.32 Å². The maximum atomic E-state index is 12.5. The van der Waals surface area contributed by atoms with Gasteiger partial charge in [-0.2, -0.15) is 13.2 Å². The number of hydrogen-bond acceptors (Lipinski definition) is 5. The summed E-state index contributed by atoms with van der Waals surface area (Å²) in [5, 5.41) is 32.6. The summed E-state index contributed by atoms with van der Waals surface area (Å²) >= 11 is 0. The fourth-order valence-corrected chi connectivity index (χ4v) is 2.31. The number of nitrogens with one attached hydrogen (secondary N) is 1. The fraction of sp³-hybridized carbons (Fsp3) is 0.235. The molecule has 2 aromatic rings. The van der Waals surface area contributed by atoms with Gasteiger partial charge < -0.3 is 15.5 Å². The quantitative estimate of drug-likeness (QED) is 0.523. The van der Waals surface area contributed by atoms with Crippen molar-refractivity contribution in [1.29, 1.82) is 0 Å². The zero-order valence-corrected chi connectivity index (χ0v) is 13.7. The summed E-state index contributed by atoms with van der Waals surface area (Å²) in [5.74, 6) is -0.788. The van der Waals surface area contributed by atoms with Crippen molar-refractivity contribution in [1.82, 2.24) is 5.32 Å². The van der Waals surface area contributed by atoms with Crippen LogP contribution >= 0.6 is 0 Å². The third kappa shape index (κ3) is 5.02. The summed E-state index contributed by atoms with van der Waals surface area (Å²) in [6.07, 6.45) is -5.91. The summed E-state index contributed by atoms with van der Waals surface area (Å²) in [4.78, 5) is 22.2. The van der Waals surface area contributed by atoms with Gasteiger partial charge in [-0.05, 0) is 42.0 Å². The van der Waals surface area contributed by atoms with Crippen LogP contribution in [0.25, 0.3) is 0 Å². The molecule has 0 bridgehead atoms. The van der Waals surface area contributed by atoms with Crippen LogP contribution in [0.4, 0.5) is 18.9 Å². The summed E-state index contributed by atoms with van der Waals surface area (Å²) in [6.45, 7) is -0.662. The van der Waals surface area contributed by atoms with Crippen molar-refractivity contribution in [2.45, 2.75) is 18.3 Å². The maximum Gasteiger partial charge on any atom is 0.416 e. The Bertz CT molecular complexity index is 807. The Labute approximate surface area is 151 Å². The van der Waals surface area contributed by atoms with E-state index < -0.39 is 41.3 Å². The first-order valence-electron chi connectivity index (χ1n) is 7.65. The predicted molar refractivity (Wildman–Crippen MR) is 87.8 cm³/mol. The van der Waals surface area contributed by atoms with E-state index in [-0.39, 0.29) is 16.8 Å². The van der Waals surface area contributed by atoms with Gasteiger partial charge in [-0.3, -0.25) is 14.9 Å². The molecule has 10 heteroatoms. The molecule has 0 saturated carbocycles. The van der Waals surface area contributed by atoms with Crippen LogP contribution in [0.1, 0.15) is 27.6 Å². The Morgan fingerprint density at radius 3 is 2.11 bits per heavy atom. The van der Waals surface area contributed by atoms with E-state index in [1.54, 1.807) is 0 Å². The molecule has 27 heavy (non-hydrogen) atoms. The highest BCUT2D eigenvalue weighted by atomic mass is 19.4. The minimum absolute atomic E-state index is 0.0858. The Morgan fingerprint density at radius 2 is 1.67 bits per heavy atom. The van der Waals surface area contributed by atoms with Crippen LogP contribution in [0.15, 0.2) is 48.5 Å². The maximum absolute atomic E-state index is 12.5. The highest BCUT2D eigenvalue weighted by molar-refractivity contribution is 5.94. The van der Waals surface area contributed by atoms with Crippen molar-refractivity contribution in [2.24, 2.45) is 0 Å². The number of benzene rings is 2. The van der Waals surface area contributed by atoms with Gasteiger partial charge in [-0.1, -0.05) is 0 Å². The Hall–Kier alpha value is -2.98. The van der Waals surface area contributed by atoms with Gasteiger partial charge in [0.25, 0.3) is 11.6 Å². The summed E-state index contributed by atoms with van der Waals surface area (Å²) in [6, 6.07) is 7.14. The number of nitro benzene ring substituents is 1. The first-order chi connectivity index (χ1) is 12.6. The van der Waals surface area contributed by atoms with Gasteiger partial charge in [-0.25, -0.2) is 0 Å². The van der Waals surface area contributed by atoms with Crippen molar-refractivity contribution < 1.29 is 33.1 Å². The van der Waals surface area contributed by atoms with E-state index >= 15 is 0 Å². The number of carbonyl (C=O) groups excluding carboxylic acids is 1. The topological polar surface area (TPSA) is 113 Å². The summed E-state index contributed by atoms with van der Waals surface area (Å²) < 4.78 is 37.6. The summed E-state index contributed by atoms with van der Waals surface area (Å²) in [5.41, 5.74) is -0.978. The third-order valence-electron chi connectivity index (χ3n) is 3.81. The van der Waals surface area contributed by atoms with Crippen LogP contribution in [0.5, 0.6) is 0 Å². The average Bonchev–Trinajstić information content (AvgIpc) is 2.64. The molecule has 1 amide bonds. The number of alkyl halides is 3. The van der Waals surface area contributed by atoms with E-state index in [0.717, 1.165) is 36.4 Å². The molecular weight excluding hydrogens is 369 g/mol. The lowest BCUT2D eigenvalue weighted by molar-refractivity contribution is -0.384. The highest BCUT2D eigenvalue weighted by Crippen LogP contribution is 2.29. The number of rotatable bonds is 6. The molecular formula is C17H15F3N2O5. The lowest BCUT2D eigenvalue weighted by atomic mass is 10.0. The van der Waals surface area contributed by atoms with Gasteiger partial charge in [-0.15, -0.1) is 0 Å². The Morgan fingerprint density at radius 1 is 1.11 bits per heavy atom. The molecule has 2 rings (SSSR count). The van der Waals surface area contributed by atoms with Crippen LogP contribution in [0.2, 0.25) is 0 Å². The molecule has 0 aliphatic heterocycles. The number of aliphatic hydroxyl groups excluding tert-OH is 2. The molecule has 0 aromatic heterocycles. The zero-order valence-electron chi connectivity index (χ0n) is 13.7. The number of carbonyl (C=O) groups is 1. The van der Waals surface area contributed by atoms with E-state index in [1.165, 1.54) is 12.1 Å². The van der Waals surface area contributed by atoms with Crippen LogP contribution in [0, 0.1) is 10.1 Å². The Balaban J connectivity index is 2.10. The molecule has 2 aromatic carbocycles. The van der Waals surface area contributed by atoms with E-state index in [0.29, 0.717) is 0 Å². The molecule has 0 saturated heterocycles. The molecule has 7 nitrogen and oxygen atoms in total. The molecule has 0 fully saturated rings. The van der Waals surface area contributed by atoms with Crippen molar-refractivity contribution in [3.05, 3.63) is 75.3 Å². The van der Waals surface area contributed by atoms with E-state index in [1.807, 2.05) is 0 Å². The van der Waals surface area contributed by atoms with Gasteiger partial charge in [0.05, 0.1) is 23.1 Å². The third-order valence-corrected chi connectivity index (χ3v) is 3.81. The van der Waals surface area contributed by atoms with Crippen molar-refractivity contribution in [3.63, 3.8) is 0 Å². The lowest BCUT2D eigenvalue weighted by Gasteiger charge is -2.22. The van der Waals surface area contributed by atoms with Crippen molar-refractivity contribution in [3.8, 4) is 0 Å². The zero-order chi connectivity index (χ0) is 20.2. The molecule has 0 spiro atoms. The average molecular weight is 384 g/mol. The van der Waals surface area contributed by atoms with Crippen molar-refractivity contribution >= 4 is 11.6 Å². The van der Waals surface area contributed by atoms with Gasteiger partial charge in [0.15, 0.2) is 0 Å². The fourth-order valence-electron chi connectivity index (χ4n) is 2.31. The number of hydrogen-bond donors (Lipinski definition) is 3. The smallest absolute Gasteiger partial charge is 0.394 e. The van der Waals surface area contributed by atoms with Crippen LogP contribution in [0.3, 0.4) is 0 Å². The second-order valence-corrected chi connectivity index (χ2v) is 5.63. The molecule has 0 aliphatic rings. The minimum Gasteiger partial charge on any atom is -0.394 e. The molecule has 0 unspecified atom stereocenters. The standard InChI is InChI=1S/C17H15F3N2O5/c18-17(19,20)12-5-1-11(2-6-12)16(25)21-14(9-23)15(24)10-3-7-13(8-4-10)22(26)27/h1-8,14-15,23-24H,9H2,(H,21,25)/t14-,15+/m0/s1. The number of halogens is 3. The van der Waals surface area contributed by atoms with Crippen LogP contribution in [-0.4, -0.2) is 33.7 Å². The monoisotopic (exact) mass is 384 g/mol. The first-order valence-corrected chi connectivity index (χ1v) is 7.65. The van der Waals surface area contributed by atoms with E-state index in [4.69, 9.17) is 0 Å². The molecule has 0 aliphatic carbocycles. The largest absolute Gasteiger partial charge is 0.416 e. The summed E-state index contributed by atoms with van der Waals surface area (Å²) in [7, 11) is 0. The minimum atomic E-state index is -4.53. The Kier molecular flexibility index (Phi) is 6.13. The normalized spacial score (nSPS) is 13.7. The van der Waals surface area contributed by atoms with Gasteiger partial charge in [0, 0.05) is 17.7 Å². The highest BCUT2D eigenvalue weighted by Gasteiger charge is 2.30. The van der Waals surface area contributed by atoms with Gasteiger partial charge >= 0.3 is 6.18 Å². The molecule has 3 N–H and O–H groups in total. The number of non-ortho nitro benzene ring substituents is 1. The molecule has 144 valence electrons. The molecule has 0 radical (unpaired) electrons. The molecule has 2 atom stereocenters. The first kappa shape index (κ1) is 20.3. The number of nitro groups is 1. The number of aliphatic hydroxyl groups is 2. The lowest BCUT2D eigenvalue weighted by Crippen LogP contribution is -2.42. The second kappa shape index (κ2) is 8.14. The SMILES string of the molecule is O=C(N[C@@H](CO)[C@H](O)c1ccc([N+](=O)[O-])cc1)c1ccc(C(F)(F)F)cc1. The number of nitrogens with zero attached hydrogens (tertiary/aromatic N) is 1. The number of amides is 1. The molecule has 0 heterocycles. The van der Waals surface area contributed by atoms with Crippen molar-refractivity contribution in [2.75, 3.05) is 6.61 Å². The van der Waals surface area contributed by atoms with E-state index in [9.17, 15) is 38.3 Å².